The number of pyridine rings is 1. The fraction of sp³-hybridized carbons (Fsp3) is 0.182. The molecule has 1 aliphatic rings. The zero-order chi connectivity index (χ0) is 22.2. The number of aliphatic hydroxyl groups is 2. The quantitative estimate of drug-likeness (QED) is 0.430. The standard InChI is InChI=1S/C22H18FN5O3S/c23-15-8-12(10-29)3-6-17(15)28-20-14(19(27-28)13-2-1-7-24-9-13)4-5-16-21(20)32-22(25-16)26-18(31)11-30/h1-3,6-9,29-30H,4-5,10-11H2,(H,25,26,31). The minimum atomic E-state index is -0.638. The van der Waals surface area contributed by atoms with Crippen LogP contribution in [-0.2, 0) is 24.2 Å². The number of fused-ring (bicyclic) bond motifs is 3. The third-order valence-corrected chi connectivity index (χ3v) is 6.28. The number of hydrogen-bond acceptors (Lipinski definition) is 7. The number of aryl methyl sites for hydroxylation is 1. The minimum Gasteiger partial charge on any atom is -0.392 e. The number of hydrogen-bond donors (Lipinski definition) is 3. The third kappa shape index (κ3) is 3.48. The van der Waals surface area contributed by atoms with Gasteiger partial charge >= 0.3 is 0 Å². The predicted molar refractivity (Wildman–Crippen MR) is 117 cm³/mol. The Morgan fingerprint density at radius 3 is 2.84 bits per heavy atom. The van der Waals surface area contributed by atoms with Crippen LogP contribution in [-0.4, -0.2) is 42.5 Å². The average molecular weight is 451 g/mol. The van der Waals surface area contributed by atoms with E-state index in [-0.39, 0.29) is 12.3 Å². The minimum absolute atomic E-state index is 0.246. The molecule has 0 spiro atoms. The second kappa shape index (κ2) is 8.23. The second-order valence-electron chi connectivity index (χ2n) is 7.27. The summed E-state index contributed by atoms with van der Waals surface area (Å²) in [6, 6.07) is 8.25. The van der Waals surface area contributed by atoms with Gasteiger partial charge in [0.25, 0.3) is 5.91 Å². The molecule has 8 nitrogen and oxygen atoms in total. The van der Waals surface area contributed by atoms with Crippen LogP contribution in [0, 0.1) is 5.82 Å². The van der Waals surface area contributed by atoms with Crippen LogP contribution >= 0.6 is 11.3 Å². The fourth-order valence-corrected chi connectivity index (χ4v) is 4.90. The summed E-state index contributed by atoms with van der Waals surface area (Å²) in [5, 5.41) is 26.1. The molecule has 0 aliphatic heterocycles. The number of nitrogens with zero attached hydrogens (tertiary/aromatic N) is 4. The first-order valence-electron chi connectivity index (χ1n) is 9.91. The molecule has 10 heteroatoms. The van der Waals surface area contributed by atoms with Crippen LogP contribution in [0.2, 0.25) is 0 Å². The number of nitrogens with one attached hydrogen (secondary N) is 1. The van der Waals surface area contributed by atoms with Crippen molar-refractivity contribution >= 4 is 22.4 Å². The lowest BCUT2D eigenvalue weighted by Crippen LogP contribution is -2.15. The highest BCUT2D eigenvalue weighted by molar-refractivity contribution is 7.19. The summed E-state index contributed by atoms with van der Waals surface area (Å²) in [7, 11) is 0. The number of benzene rings is 1. The summed E-state index contributed by atoms with van der Waals surface area (Å²) in [6.45, 7) is -0.900. The molecule has 0 bridgehead atoms. The van der Waals surface area contributed by atoms with Crippen molar-refractivity contribution in [1.82, 2.24) is 19.7 Å². The van der Waals surface area contributed by atoms with Gasteiger partial charge in [-0.15, -0.1) is 0 Å². The van der Waals surface area contributed by atoms with E-state index in [1.54, 1.807) is 29.2 Å². The van der Waals surface area contributed by atoms with Crippen LogP contribution in [0.3, 0.4) is 0 Å². The van der Waals surface area contributed by atoms with Gasteiger partial charge in [0, 0.05) is 23.5 Å². The van der Waals surface area contributed by atoms with Crippen molar-refractivity contribution in [3.05, 3.63) is 65.4 Å². The molecule has 1 aromatic carbocycles. The molecule has 0 saturated heterocycles. The lowest BCUT2D eigenvalue weighted by molar-refractivity contribution is -0.118. The molecule has 3 aromatic heterocycles. The van der Waals surface area contributed by atoms with E-state index in [1.165, 1.54) is 17.4 Å². The van der Waals surface area contributed by atoms with Gasteiger partial charge in [0.15, 0.2) is 5.13 Å². The first kappa shape index (κ1) is 20.4. The van der Waals surface area contributed by atoms with E-state index in [0.717, 1.165) is 21.7 Å². The summed E-state index contributed by atoms with van der Waals surface area (Å²) in [5.41, 5.74) is 4.67. The van der Waals surface area contributed by atoms with E-state index in [4.69, 9.17) is 10.2 Å². The number of halogens is 1. The Hall–Kier alpha value is -3.47. The van der Waals surface area contributed by atoms with Crippen molar-refractivity contribution < 1.29 is 19.4 Å². The SMILES string of the molecule is O=C(CO)Nc1nc2c(s1)-c1c(c(-c3cccnc3)nn1-c1ccc(CO)cc1F)CC2. The number of aromatic nitrogens is 4. The zero-order valence-electron chi connectivity index (χ0n) is 16.7. The smallest absolute Gasteiger partial charge is 0.251 e. The topological polar surface area (TPSA) is 113 Å². The molecule has 5 rings (SSSR count). The zero-order valence-corrected chi connectivity index (χ0v) is 17.6. The Morgan fingerprint density at radius 2 is 2.12 bits per heavy atom. The number of rotatable bonds is 5. The van der Waals surface area contributed by atoms with Gasteiger partial charge in [-0.25, -0.2) is 14.1 Å². The Labute approximate surface area is 186 Å². The largest absolute Gasteiger partial charge is 0.392 e. The number of anilines is 1. The average Bonchev–Trinajstić information content (AvgIpc) is 3.40. The summed E-state index contributed by atoms with van der Waals surface area (Å²) in [5.74, 6) is -1.06. The van der Waals surface area contributed by atoms with E-state index in [2.05, 4.69) is 15.3 Å². The number of aliphatic hydroxyl groups excluding tert-OH is 2. The molecule has 1 aliphatic carbocycles. The van der Waals surface area contributed by atoms with E-state index in [9.17, 15) is 9.90 Å². The van der Waals surface area contributed by atoms with Crippen molar-refractivity contribution in [3.8, 4) is 27.5 Å². The van der Waals surface area contributed by atoms with E-state index in [1.807, 2.05) is 12.1 Å². The fourth-order valence-electron chi connectivity index (χ4n) is 3.81. The maximum absolute atomic E-state index is 15.0. The van der Waals surface area contributed by atoms with Gasteiger partial charge in [-0.1, -0.05) is 17.4 Å². The molecule has 0 unspecified atom stereocenters. The highest BCUT2D eigenvalue weighted by Gasteiger charge is 2.30. The van der Waals surface area contributed by atoms with Crippen molar-refractivity contribution in [2.75, 3.05) is 11.9 Å². The van der Waals surface area contributed by atoms with Crippen molar-refractivity contribution in [2.45, 2.75) is 19.4 Å². The molecule has 3 heterocycles. The summed E-state index contributed by atoms with van der Waals surface area (Å²) < 4.78 is 16.6. The first-order valence-corrected chi connectivity index (χ1v) is 10.7. The third-order valence-electron chi connectivity index (χ3n) is 5.26. The number of thiazole rings is 1. The molecule has 0 radical (unpaired) electrons. The molecule has 0 fully saturated rings. The highest BCUT2D eigenvalue weighted by Crippen LogP contribution is 2.44. The van der Waals surface area contributed by atoms with Crippen LogP contribution < -0.4 is 5.32 Å². The predicted octanol–water partition coefficient (Wildman–Crippen LogP) is 2.72. The summed E-state index contributed by atoms with van der Waals surface area (Å²) >= 11 is 1.26. The Bertz CT molecular complexity index is 1320. The second-order valence-corrected chi connectivity index (χ2v) is 8.27. The van der Waals surface area contributed by atoms with Gasteiger partial charge in [0.05, 0.1) is 28.6 Å². The van der Waals surface area contributed by atoms with Crippen LogP contribution in [0.5, 0.6) is 0 Å². The lowest BCUT2D eigenvalue weighted by atomic mass is 9.95. The first-order chi connectivity index (χ1) is 15.6. The van der Waals surface area contributed by atoms with Crippen LogP contribution in [0.15, 0.2) is 42.7 Å². The van der Waals surface area contributed by atoms with Gasteiger partial charge in [-0.2, -0.15) is 5.10 Å². The van der Waals surface area contributed by atoms with Gasteiger partial charge in [0.2, 0.25) is 0 Å². The van der Waals surface area contributed by atoms with Crippen LogP contribution in [0.25, 0.3) is 27.5 Å². The van der Waals surface area contributed by atoms with Crippen molar-refractivity contribution in [2.24, 2.45) is 0 Å². The van der Waals surface area contributed by atoms with Gasteiger partial charge < -0.3 is 10.2 Å². The molecule has 4 aromatic rings. The maximum Gasteiger partial charge on any atom is 0.251 e. The molecular weight excluding hydrogens is 433 g/mol. The molecule has 162 valence electrons. The molecule has 1 amide bonds. The molecule has 0 saturated carbocycles. The van der Waals surface area contributed by atoms with Crippen LogP contribution in [0.4, 0.5) is 9.52 Å². The Morgan fingerprint density at radius 1 is 1.25 bits per heavy atom. The Kier molecular flexibility index (Phi) is 5.25. The number of carbonyl (C=O) groups excluding carboxylic acids is 1. The lowest BCUT2D eigenvalue weighted by Gasteiger charge is -2.14. The number of amides is 1. The van der Waals surface area contributed by atoms with E-state index >= 15 is 4.39 Å². The monoisotopic (exact) mass is 451 g/mol. The van der Waals surface area contributed by atoms with Gasteiger partial charge in [-0.05, 0) is 42.7 Å². The summed E-state index contributed by atoms with van der Waals surface area (Å²) in [4.78, 5) is 21.1. The van der Waals surface area contributed by atoms with Crippen molar-refractivity contribution in [3.63, 3.8) is 0 Å². The Balaban J connectivity index is 1.72. The highest BCUT2D eigenvalue weighted by atomic mass is 32.1. The van der Waals surface area contributed by atoms with E-state index < -0.39 is 18.3 Å². The molecular formula is C22H18FN5O3S. The van der Waals surface area contributed by atoms with Gasteiger partial charge in [0.1, 0.15) is 18.1 Å². The van der Waals surface area contributed by atoms with Crippen LogP contribution in [0.1, 0.15) is 16.8 Å². The maximum atomic E-state index is 15.0. The van der Waals surface area contributed by atoms with Gasteiger partial charge in [-0.3, -0.25) is 15.1 Å². The summed E-state index contributed by atoms with van der Waals surface area (Å²) in [6.07, 6.45) is 4.67. The molecule has 3 N–H and O–H groups in total. The molecule has 32 heavy (non-hydrogen) atoms. The van der Waals surface area contributed by atoms with E-state index in [0.29, 0.717) is 34.9 Å². The van der Waals surface area contributed by atoms with Crippen molar-refractivity contribution in [1.29, 1.82) is 0 Å². The normalized spacial score (nSPS) is 12.3. The number of carbonyl (C=O) groups is 1. The molecule has 0 atom stereocenters.